The summed E-state index contributed by atoms with van der Waals surface area (Å²) in [6, 6.07) is 25.7. The summed E-state index contributed by atoms with van der Waals surface area (Å²) in [6.07, 6.45) is 0. The van der Waals surface area contributed by atoms with Crippen LogP contribution in [0.15, 0.2) is 93.8 Å². The molecule has 3 aromatic carbocycles. The smallest absolute Gasteiger partial charge is 0.234 e. The van der Waals surface area contributed by atoms with E-state index in [2.05, 4.69) is 15.5 Å². The largest absolute Gasteiger partial charge is 0.335 e. The van der Waals surface area contributed by atoms with Gasteiger partial charge in [0.05, 0.1) is 11.4 Å². The molecule has 8 heteroatoms. The average Bonchev–Trinajstić information content (AvgIpc) is 3.15. The number of aromatic nitrogens is 3. The molecule has 0 unspecified atom stereocenters. The molecule has 0 bridgehead atoms. The molecular weight excluding hydrogens is 426 g/mol. The van der Waals surface area contributed by atoms with Crippen LogP contribution in [-0.2, 0) is 4.79 Å². The number of hydrogen-bond donors (Lipinski definition) is 2. The predicted octanol–water partition coefficient (Wildman–Crippen LogP) is 4.85. The maximum Gasteiger partial charge on any atom is 0.234 e. The lowest BCUT2D eigenvalue weighted by molar-refractivity contribution is -0.113. The molecule has 156 valence electrons. The number of thioether (sulfide) groups is 1. The van der Waals surface area contributed by atoms with E-state index in [9.17, 15) is 4.79 Å². The molecule has 0 aliphatic carbocycles. The van der Waals surface area contributed by atoms with Gasteiger partial charge >= 0.3 is 0 Å². The van der Waals surface area contributed by atoms with Crippen molar-refractivity contribution in [1.82, 2.24) is 14.9 Å². The Kier molecular flexibility index (Phi) is 6.59. The Hall–Kier alpha value is -3.23. The number of rotatable bonds is 7. The normalized spacial score (nSPS) is 10.7. The van der Waals surface area contributed by atoms with Gasteiger partial charge in [-0.1, -0.05) is 83.7 Å². The number of nitrogens with two attached hydrogens (primary N) is 1. The van der Waals surface area contributed by atoms with Crippen LogP contribution in [0.25, 0.3) is 11.4 Å². The first-order valence-electron chi connectivity index (χ1n) is 9.62. The SMILES string of the molecule is Cc1ccc(-c2nnc(SCC(=O)Nc3ccccc3Sc3ccccc3)n2N)cc1. The first-order chi connectivity index (χ1) is 15.1. The Morgan fingerprint density at radius 2 is 1.68 bits per heavy atom. The van der Waals surface area contributed by atoms with Crippen LogP contribution >= 0.6 is 23.5 Å². The Labute approximate surface area is 189 Å². The number of carbonyl (C=O) groups excluding carboxylic acids is 1. The summed E-state index contributed by atoms with van der Waals surface area (Å²) in [5, 5.41) is 11.8. The summed E-state index contributed by atoms with van der Waals surface area (Å²) in [7, 11) is 0. The molecule has 4 aromatic rings. The summed E-state index contributed by atoms with van der Waals surface area (Å²) >= 11 is 2.86. The van der Waals surface area contributed by atoms with E-state index < -0.39 is 0 Å². The molecule has 0 aliphatic heterocycles. The van der Waals surface area contributed by atoms with Crippen LogP contribution in [-0.4, -0.2) is 26.5 Å². The van der Waals surface area contributed by atoms with Crippen molar-refractivity contribution < 1.29 is 4.79 Å². The zero-order chi connectivity index (χ0) is 21.6. The fourth-order valence-electron chi connectivity index (χ4n) is 2.87. The molecular formula is C23H21N5OS2. The summed E-state index contributed by atoms with van der Waals surface area (Å²) in [6.45, 7) is 2.02. The first-order valence-corrected chi connectivity index (χ1v) is 11.4. The van der Waals surface area contributed by atoms with Crippen LogP contribution in [0.1, 0.15) is 5.56 Å². The van der Waals surface area contributed by atoms with Gasteiger partial charge in [0.1, 0.15) is 0 Å². The second kappa shape index (κ2) is 9.72. The molecule has 0 saturated heterocycles. The Bertz CT molecular complexity index is 1180. The lowest BCUT2D eigenvalue weighted by Gasteiger charge is -2.10. The molecule has 0 atom stereocenters. The number of nitrogen functional groups attached to an aromatic ring is 1. The van der Waals surface area contributed by atoms with E-state index in [1.807, 2.05) is 85.8 Å². The van der Waals surface area contributed by atoms with Crippen LogP contribution in [0.3, 0.4) is 0 Å². The fourth-order valence-corrected chi connectivity index (χ4v) is 4.45. The lowest BCUT2D eigenvalue weighted by Crippen LogP contribution is -2.16. The van der Waals surface area contributed by atoms with Crippen molar-refractivity contribution in [2.45, 2.75) is 21.9 Å². The van der Waals surface area contributed by atoms with Gasteiger partial charge in [0.25, 0.3) is 0 Å². The first kappa shape index (κ1) is 21.0. The van der Waals surface area contributed by atoms with Crippen molar-refractivity contribution in [3.8, 4) is 11.4 Å². The third-order valence-electron chi connectivity index (χ3n) is 4.44. The van der Waals surface area contributed by atoms with Gasteiger partial charge in [-0.2, -0.15) is 0 Å². The molecule has 3 N–H and O–H groups in total. The molecule has 0 saturated carbocycles. The molecule has 1 amide bonds. The number of nitrogens with zero attached hydrogens (tertiary/aromatic N) is 3. The van der Waals surface area contributed by atoms with Gasteiger partial charge in [0, 0.05) is 15.4 Å². The number of amides is 1. The summed E-state index contributed by atoms with van der Waals surface area (Å²) < 4.78 is 1.42. The summed E-state index contributed by atoms with van der Waals surface area (Å²) in [5.74, 6) is 6.76. The molecule has 6 nitrogen and oxygen atoms in total. The van der Waals surface area contributed by atoms with Gasteiger partial charge < -0.3 is 11.2 Å². The van der Waals surface area contributed by atoms with E-state index in [0.717, 1.165) is 26.6 Å². The standard InChI is InChI=1S/C23H21N5OS2/c1-16-11-13-17(14-12-16)22-26-27-23(28(22)24)30-15-21(29)25-19-9-5-6-10-20(19)31-18-7-3-2-4-8-18/h2-14H,15,24H2,1H3,(H,25,29). The summed E-state index contributed by atoms with van der Waals surface area (Å²) in [4.78, 5) is 14.7. The molecule has 0 radical (unpaired) electrons. The van der Waals surface area contributed by atoms with Crippen molar-refractivity contribution >= 4 is 35.1 Å². The number of hydrogen-bond acceptors (Lipinski definition) is 6. The van der Waals surface area contributed by atoms with Gasteiger partial charge in [-0.3, -0.25) is 4.79 Å². The van der Waals surface area contributed by atoms with Crippen molar-refractivity contribution in [3.05, 3.63) is 84.4 Å². The fraction of sp³-hybridized carbons (Fsp3) is 0.0870. The van der Waals surface area contributed by atoms with E-state index in [4.69, 9.17) is 5.84 Å². The van der Waals surface area contributed by atoms with Crippen LogP contribution in [0, 0.1) is 6.92 Å². The topological polar surface area (TPSA) is 85.8 Å². The lowest BCUT2D eigenvalue weighted by atomic mass is 10.1. The van der Waals surface area contributed by atoms with Gasteiger partial charge in [0.2, 0.25) is 11.1 Å². The third kappa shape index (κ3) is 5.28. The second-order valence-electron chi connectivity index (χ2n) is 6.79. The monoisotopic (exact) mass is 447 g/mol. The highest BCUT2D eigenvalue weighted by Gasteiger charge is 2.14. The number of anilines is 1. The van der Waals surface area contributed by atoms with Gasteiger partial charge in [-0.15, -0.1) is 10.2 Å². The number of para-hydroxylation sites is 1. The molecule has 0 fully saturated rings. The van der Waals surface area contributed by atoms with Gasteiger partial charge in [-0.05, 0) is 31.2 Å². The Morgan fingerprint density at radius 1 is 0.968 bits per heavy atom. The molecule has 31 heavy (non-hydrogen) atoms. The van der Waals surface area contributed by atoms with Crippen LogP contribution in [0.5, 0.6) is 0 Å². The Balaban J connectivity index is 1.40. The summed E-state index contributed by atoms with van der Waals surface area (Å²) in [5.41, 5.74) is 2.81. The highest BCUT2D eigenvalue weighted by molar-refractivity contribution is 8.00. The second-order valence-corrected chi connectivity index (χ2v) is 8.85. The highest BCUT2D eigenvalue weighted by Crippen LogP contribution is 2.33. The van der Waals surface area contributed by atoms with Crippen molar-refractivity contribution in [2.75, 3.05) is 16.9 Å². The molecule has 1 heterocycles. The van der Waals surface area contributed by atoms with Crippen molar-refractivity contribution in [2.24, 2.45) is 0 Å². The quantitative estimate of drug-likeness (QED) is 0.311. The average molecular weight is 448 g/mol. The van der Waals surface area contributed by atoms with Crippen LogP contribution in [0.4, 0.5) is 5.69 Å². The van der Waals surface area contributed by atoms with Crippen LogP contribution in [0.2, 0.25) is 0 Å². The highest BCUT2D eigenvalue weighted by atomic mass is 32.2. The van der Waals surface area contributed by atoms with E-state index in [1.165, 1.54) is 16.4 Å². The zero-order valence-corrected chi connectivity index (χ0v) is 18.5. The minimum Gasteiger partial charge on any atom is -0.335 e. The zero-order valence-electron chi connectivity index (χ0n) is 16.9. The number of benzene rings is 3. The third-order valence-corrected chi connectivity index (χ3v) is 6.47. The molecule has 0 aliphatic rings. The Morgan fingerprint density at radius 3 is 2.45 bits per heavy atom. The number of carbonyl (C=O) groups is 1. The minimum absolute atomic E-state index is 0.133. The van der Waals surface area contributed by atoms with E-state index in [1.54, 1.807) is 11.8 Å². The molecule has 1 aromatic heterocycles. The van der Waals surface area contributed by atoms with E-state index >= 15 is 0 Å². The van der Waals surface area contributed by atoms with Crippen LogP contribution < -0.4 is 11.2 Å². The number of aryl methyl sites for hydroxylation is 1. The molecule has 4 rings (SSSR count). The van der Waals surface area contributed by atoms with Gasteiger partial charge in [-0.25, -0.2) is 4.68 Å². The maximum absolute atomic E-state index is 12.6. The molecule has 0 spiro atoms. The van der Waals surface area contributed by atoms with Crippen molar-refractivity contribution in [1.29, 1.82) is 0 Å². The minimum atomic E-state index is -0.133. The number of nitrogens with one attached hydrogen (secondary N) is 1. The van der Waals surface area contributed by atoms with E-state index in [0.29, 0.717) is 11.0 Å². The maximum atomic E-state index is 12.6. The van der Waals surface area contributed by atoms with E-state index in [-0.39, 0.29) is 11.7 Å². The van der Waals surface area contributed by atoms with Gasteiger partial charge in [0.15, 0.2) is 5.82 Å². The predicted molar refractivity (Wildman–Crippen MR) is 127 cm³/mol. The van der Waals surface area contributed by atoms with Crippen molar-refractivity contribution in [3.63, 3.8) is 0 Å².